The monoisotopic (exact) mass is 950 g/mol. The number of hydrogen-bond acceptors (Lipinski definition) is 5. The molecule has 0 aliphatic carbocycles. The second-order valence-corrected chi connectivity index (χ2v) is 19.7. The molecule has 0 N–H and O–H groups in total. The van der Waals surface area contributed by atoms with Gasteiger partial charge in [-0.2, -0.15) is 0 Å². The molecule has 0 aliphatic rings. The Morgan fingerprint density at radius 3 is 1.42 bits per heavy atom. The first-order chi connectivity index (χ1) is 36.2. The van der Waals surface area contributed by atoms with E-state index in [9.17, 15) is 0 Å². The predicted molar refractivity (Wildman–Crippen MR) is 301 cm³/mol. The molecule has 0 saturated heterocycles. The lowest BCUT2D eigenvalue weighted by molar-refractivity contribution is 1.16. The first-order valence-corrected chi connectivity index (χ1v) is 25.3. The molecule has 73 heavy (non-hydrogen) atoms. The Labute approximate surface area is 420 Å². The Morgan fingerprint density at radius 1 is 0.301 bits per heavy atom. The molecule has 0 unspecified atom stereocenters. The van der Waals surface area contributed by atoms with Crippen molar-refractivity contribution in [3.63, 3.8) is 0 Å². The van der Waals surface area contributed by atoms with E-state index >= 15 is 0 Å². The molecule has 0 aliphatic heterocycles. The van der Waals surface area contributed by atoms with Crippen molar-refractivity contribution in [2.45, 2.75) is 0 Å². The summed E-state index contributed by atoms with van der Waals surface area (Å²) in [5.74, 6) is 0. The van der Waals surface area contributed by atoms with Crippen LogP contribution in [0, 0.1) is 0 Å². The molecule has 16 aromatic rings. The van der Waals surface area contributed by atoms with Gasteiger partial charge in [-0.1, -0.05) is 60.7 Å². The molecule has 9 heterocycles. The van der Waals surface area contributed by atoms with Gasteiger partial charge in [0, 0.05) is 125 Å². The number of pyridine rings is 4. The van der Waals surface area contributed by atoms with Gasteiger partial charge in [-0.15, -0.1) is 11.3 Å². The maximum Gasteiger partial charge on any atom is 0.0964 e. The Balaban J connectivity index is 0.844. The summed E-state index contributed by atoms with van der Waals surface area (Å²) in [5.41, 5.74) is 18.9. The Kier molecular flexibility index (Phi) is 8.45. The maximum absolute atomic E-state index is 5.07. The third-order valence-corrected chi connectivity index (χ3v) is 15.9. The van der Waals surface area contributed by atoms with E-state index in [1.54, 1.807) is 11.3 Å². The van der Waals surface area contributed by atoms with Crippen molar-refractivity contribution in [3.8, 4) is 45.0 Å². The van der Waals surface area contributed by atoms with E-state index in [1.165, 1.54) is 31.6 Å². The first kappa shape index (κ1) is 40.1. The number of aromatic nitrogens is 8. The van der Waals surface area contributed by atoms with Crippen molar-refractivity contribution in [2.24, 2.45) is 0 Å². The normalized spacial score (nSPS) is 12.1. The van der Waals surface area contributed by atoms with Gasteiger partial charge < -0.3 is 18.3 Å². The van der Waals surface area contributed by atoms with Gasteiger partial charge >= 0.3 is 0 Å². The highest BCUT2D eigenvalue weighted by molar-refractivity contribution is 7.17. The molecular weight excluding hydrogens is 913 g/mol. The number of nitrogens with zero attached hydrogens (tertiary/aromatic N) is 8. The van der Waals surface area contributed by atoms with E-state index in [1.807, 2.05) is 61.6 Å². The summed E-state index contributed by atoms with van der Waals surface area (Å²) in [6.45, 7) is 0. The molecule has 9 aromatic heterocycles. The number of thiophene rings is 1. The van der Waals surface area contributed by atoms with Gasteiger partial charge in [0.25, 0.3) is 0 Å². The van der Waals surface area contributed by atoms with E-state index in [2.05, 4.69) is 202 Å². The standard InChI is InChI=1S/C64H38N8S/c1-3-12-54-46(10-1)48-30-39(41-8-5-26-65-35-41)15-20-56(48)69(54)43-17-22-58-50(32-43)53-37-67-29-25-60(53)71(58)45-19-24-63-51(33-45)62(38-73-63)72-59-23-18-44(34-52(59)64-61(72)14-7-28-68-64)70-55-13-4-2-11-47(55)49-31-40(16-21-57(49)70)42-9-6-27-66-36-42/h1-38H. The summed E-state index contributed by atoms with van der Waals surface area (Å²) >= 11 is 1.77. The van der Waals surface area contributed by atoms with Gasteiger partial charge in [0.05, 0.1) is 55.3 Å². The zero-order valence-corrected chi connectivity index (χ0v) is 39.7. The Bertz CT molecular complexity index is 4920. The third-order valence-electron chi connectivity index (χ3n) is 14.9. The van der Waals surface area contributed by atoms with Crippen molar-refractivity contribution >= 4 is 109 Å². The van der Waals surface area contributed by atoms with Gasteiger partial charge in [0.1, 0.15) is 0 Å². The van der Waals surface area contributed by atoms with E-state index < -0.39 is 0 Å². The summed E-state index contributed by atoms with van der Waals surface area (Å²) in [4.78, 5) is 18.5. The molecule has 0 spiro atoms. The fourth-order valence-corrected chi connectivity index (χ4v) is 12.6. The van der Waals surface area contributed by atoms with Crippen LogP contribution in [0.5, 0.6) is 0 Å². The van der Waals surface area contributed by atoms with Crippen LogP contribution in [0.2, 0.25) is 0 Å². The van der Waals surface area contributed by atoms with Gasteiger partial charge in [-0.25, -0.2) is 0 Å². The fourth-order valence-electron chi connectivity index (χ4n) is 11.7. The topological polar surface area (TPSA) is 71.3 Å². The minimum Gasteiger partial charge on any atom is -0.309 e. The van der Waals surface area contributed by atoms with E-state index in [4.69, 9.17) is 4.98 Å². The smallest absolute Gasteiger partial charge is 0.0964 e. The van der Waals surface area contributed by atoms with E-state index in [0.717, 1.165) is 111 Å². The number of para-hydroxylation sites is 2. The van der Waals surface area contributed by atoms with Crippen LogP contribution in [0.1, 0.15) is 0 Å². The molecule has 340 valence electrons. The summed E-state index contributed by atoms with van der Waals surface area (Å²) in [6, 6.07) is 66.1. The molecular formula is C64H38N8S. The van der Waals surface area contributed by atoms with Crippen molar-refractivity contribution in [2.75, 3.05) is 0 Å². The number of rotatable bonds is 6. The average Bonchev–Trinajstić information content (AvgIpc) is 4.27. The SMILES string of the molecule is c1cncc(-c2ccc3c(c2)c2ccccc2n3-c2ccc3c(c2)c2cnccc2n3-c2ccc3scc(-n4c5ccc(-n6c7ccccc7c7cc(-c8cccnc8)ccc76)cc5c5ncccc54)c3c2)c1. The minimum absolute atomic E-state index is 0.970. The molecule has 16 rings (SSSR count). The first-order valence-electron chi connectivity index (χ1n) is 24.4. The van der Waals surface area contributed by atoms with E-state index in [-0.39, 0.29) is 0 Å². The van der Waals surface area contributed by atoms with Crippen LogP contribution in [-0.4, -0.2) is 38.2 Å². The highest BCUT2D eigenvalue weighted by Gasteiger charge is 2.22. The number of hydrogen-bond donors (Lipinski definition) is 0. The molecule has 9 heteroatoms. The van der Waals surface area contributed by atoms with Gasteiger partial charge in [-0.05, 0) is 132 Å². The molecule has 0 atom stereocenters. The van der Waals surface area contributed by atoms with Gasteiger partial charge in [-0.3, -0.25) is 19.9 Å². The van der Waals surface area contributed by atoms with Crippen LogP contribution in [0.25, 0.3) is 142 Å². The summed E-state index contributed by atoms with van der Waals surface area (Å²) in [7, 11) is 0. The van der Waals surface area contributed by atoms with Crippen molar-refractivity contribution < 1.29 is 0 Å². The fraction of sp³-hybridized carbons (Fsp3) is 0. The minimum atomic E-state index is 0.970. The predicted octanol–water partition coefficient (Wildman–Crippen LogP) is 16.2. The molecule has 0 radical (unpaired) electrons. The zero-order chi connectivity index (χ0) is 47.7. The Hall–Kier alpha value is -9.70. The van der Waals surface area contributed by atoms with Crippen LogP contribution in [0.4, 0.5) is 0 Å². The zero-order valence-electron chi connectivity index (χ0n) is 38.9. The highest BCUT2D eigenvalue weighted by Crippen LogP contribution is 2.43. The van der Waals surface area contributed by atoms with Crippen molar-refractivity contribution in [1.29, 1.82) is 0 Å². The summed E-state index contributed by atoms with van der Waals surface area (Å²) in [5, 5.41) is 11.7. The molecule has 0 saturated carbocycles. The molecule has 0 amide bonds. The van der Waals surface area contributed by atoms with Crippen LogP contribution in [-0.2, 0) is 0 Å². The molecule has 0 fully saturated rings. The molecule has 7 aromatic carbocycles. The van der Waals surface area contributed by atoms with Gasteiger partial charge in [0.15, 0.2) is 0 Å². The maximum atomic E-state index is 5.07. The summed E-state index contributed by atoms with van der Waals surface area (Å²) in [6.07, 6.45) is 13.3. The molecule has 8 nitrogen and oxygen atoms in total. The average molecular weight is 951 g/mol. The highest BCUT2D eigenvalue weighted by atomic mass is 32.1. The third kappa shape index (κ3) is 5.88. The Morgan fingerprint density at radius 2 is 0.795 bits per heavy atom. The van der Waals surface area contributed by atoms with Crippen molar-refractivity contribution in [3.05, 3.63) is 231 Å². The largest absolute Gasteiger partial charge is 0.309 e. The lowest BCUT2D eigenvalue weighted by atomic mass is 10.0. The quantitative estimate of drug-likeness (QED) is 0.166. The molecule has 0 bridgehead atoms. The van der Waals surface area contributed by atoms with Crippen LogP contribution in [0.15, 0.2) is 231 Å². The van der Waals surface area contributed by atoms with Crippen LogP contribution in [0.3, 0.4) is 0 Å². The number of fused-ring (bicyclic) bond motifs is 13. The summed E-state index contributed by atoms with van der Waals surface area (Å²) < 4.78 is 10.8. The van der Waals surface area contributed by atoms with Crippen LogP contribution < -0.4 is 0 Å². The number of benzene rings is 7. The lowest BCUT2D eigenvalue weighted by Gasteiger charge is -2.12. The van der Waals surface area contributed by atoms with Crippen molar-refractivity contribution in [1.82, 2.24) is 38.2 Å². The lowest BCUT2D eigenvalue weighted by Crippen LogP contribution is -1.97. The van der Waals surface area contributed by atoms with E-state index in [0.29, 0.717) is 0 Å². The second-order valence-electron chi connectivity index (χ2n) is 18.8. The van der Waals surface area contributed by atoms with Gasteiger partial charge in [0.2, 0.25) is 0 Å². The van der Waals surface area contributed by atoms with Crippen LogP contribution >= 0.6 is 11.3 Å². The second kappa shape index (κ2) is 15.4.